The van der Waals surface area contributed by atoms with Gasteiger partial charge in [0.2, 0.25) is 5.78 Å². The van der Waals surface area contributed by atoms with Crippen molar-refractivity contribution in [1.29, 1.82) is 0 Å². The highest BCUT2D eigenvalue weighted by molar-refractivity contribution is 6.42. The van der Waals surface area contributed by atoms with Crippen LogP contribution in [0.3, 0.4) is 0 Å². The molecule has 0 atom stereocenters. The number of carbonyl (C=O) groups excluding carboxylic acids is 2. The molecular weight excluding hydrogens is 436 g/mol. The number of pyridine rings is 1. The molecule has 6 rings (SSSR count). The van der Waals surface area contributed by atoms with E-state index >= 15 is 0 Å². The Morgan fingerprint density at radius 3 is 2.37 bits per heavy atom. The first-order valence-electron chi connectivity index (χ1n) is 11.9. The lowest BCUT2D eigenvalue weighted by atomic mass is 10.0. The molecule has 1 amide bonds. The second kappa shape index (κ2) is 8.80. The standard InChI is InChI=1S/C29H24N4O2/c34-26(21-9-2-1-3-10-21)29(35)32-18-15-22(16-19-32)33-27(31-25-14-7-17-30-28(25)33)24-13-6-11-20-8-4-5-12-23(20)24/h1-14,17,22H,15-16,18-19H2. The quantitative estimate of drug-likeness (QED) is 0.270. The molecule has 172 valence electrons. The van der Waals surface area contributed by atoms with Gasteiger partial charge in [-0.05, 0) is 35.7 Å². The van der Waals surface area contributed by atoms with Crippen molar-refractivity contribution in [2.75, 3.05) is 13.1 Å². The number of likely N-dealkylation sites (tertiary alicyclic amines) is 1. The van der Waals surface area contributed by atoms with Gasteiger partial charge in [0.15, 0.2) is 5.65 Å². The fourth-order valence-corrected chi connectivity index (χ4v) is 5.07. The first-order valence-corrected chi connectivity index (χ1v) is 11.9. The number of Topliss-reactive ketones (excluding diaryl/α,β-unsaturated/α-hetero) is 1. The lowest BCUT2D eigenvalue weighted by Gasteiger charge is -2.33. The van der Waals surface area contributed by atoms with E-state index in [0.717, 1.165) is 46.2 Å². The predicted molar refractivity (Wildman–Crippen MR) is 136 cm³/mol. The first kappa shape index (κ1) is 21.2. The molecular formula is C29H24N4O2. The maximum absolute atomic E-state index is 12.9. The summed E-state index contributed by atoms with van der Waals surface area (Å²) in [6, 6.07) is 27.4. The Kier molecular flexibility index (Phi) is 5.34. The van der Waals surface area contributed by atoms with E-state index < -0.39 is 11.7 Å². The molecule has 35 heavy (non-hydrogen) atoms. The highest BCUT2D eigenvalue weighted by atomic mass is 16.2. The predicted octanol–water partition coefficient (Wildman–Crippen LogP) is 5.30. The maximum atomic E-state index is 12.9. The zero-order chi connectivity index (χ0) is 23.8. The number of imidazole rings is 1. The van der Waals surface area contributed by atoms with Crippen LogP contribution in [0.15, 0.2) is 91.1 Å². The number of aromatic nitrogens is 3. The molecule has 1 fully saturated rings. The molecule has 0 spiro atoms. The minimum atomic E-state index is -0.449. The van der Waals surface area contributed by atoms with E-state index in [4.69, 9.17) is 4.98 Å². The zero-order valence-electron chi connectivity index (χ0n) is 19.2. The summed E-state index contributed by atoms with van der Waals surface area (Å²) in [6.07, 6.45) is 3.26. The summed E-state index contributed by atoms with van der Waals surface area (Å²) >= 11 is 0. The van der Waals surface area contributed by atoms with Gasteiger partial charge in [-0.2, -0.15) is 0 Å². The second-order valence-corrected chi connectivity index (χ2v) is 8.90. The van der Waals surface area contributed by atoms with Gasteiger partial charge in [-0.3, -0.25) is 9.59 Å². The van der Waals surface area contributed by atoms with Gasteiger partial charge in [0.25, 0.3) is 5.91 Å². The van der Waals surface area contributed by atoms with Gasteiger partial charge in [-0.1, -0.05) is 72.8 Å². The van der Waals surface area contributed by atoms with E-state index in [1.807, 2.05) is 30.3 Å². The number of rotatable bonds is 4. The van der Waals surface area contributed by atoms with E-state index in [-0.39, 0.29) is 6.04 Å². The second-order valence-electron chi connectivity index (χ2n) is 8.90. The fraction of sp³-hybridized carbons (Fsp3) is 0.172. The normalized spacial score (nSPS) is 14.5. The number of hydrogen-bond donors (Lipinski definition) is 0. The summed E-state index contributed by atoms with van der Waals surface area (Å²) in [6.45, 7) is 1.03. The number of nitrogens with zero attached hydrogens (tertiary/aromatic N) is 4. The number of hydrogen-bond acceptors (Lipinski definition) is 4. The molecule has 3 heterocycles. The third-order valence-corrected chi connectivity index (χ3v) is 6.83. The summed E-state index contributed by atoms with van der Waals surface area (Å²) < 4.78 is 2.23. The van der Waals surface area contributed by atoms with Gasteiger partial charge in [0, 0.05) is 36.5 Å². The smallest absolute Gasteiger partial charge is 0.294 e. The number of ketones is 1. The number of carbonyl (C=O) groups is 2. The van der Waals surface area contributed by atoms with Gasteiger partial charge in [0.1, 0.15) is 11.3 Å². The summed E-state index contributed by atoms with van der Waals surface area (Å²) in [7, 11) is 0. The van der Waals surface area contributed by atoms with Crippen molar-refractivity contribution in [2.45, 2.75) is 18.9 Å². The lowest BCUT2D eigenvalue weighted by Crippen LogP contribution is -2.42. The van der Waals surface area contributed by atoms with E-state index in [1.165, 1.54) is 0 Å². The van der Waals surface area contributed by atoms with Crippen LogP contribution in [-0.4, -0.2) is 44.2 Å². The number of benzene rings is 3. The average Bonchev–Trinajstić information content (AvgIpc) is 3.32. The van der Waals surface area contributed by atoms with Crippen LogP contribution in [0.25, 0.3) is 33.3 Å². The van der Waals surface area contributed by atoms with E-state index in [9.17, 15) is 9.59 Å². The van der Waals surface area contributed by atoms with Crippen LogP contribution in [0.1, 0.15) is 29.2 Å². The summed E-state index contributed by atoms with van der Waals surface area (Å²) in [5.74, 6) is 0.00780. The summed E-state index contributed by atoms with van der Waals surface area (Å²) in [5, 5.41) is 2.31. The Labute approximate surface area is 202 Å². The van der Waals surface area contributed by atoms with Gasteiger partial charge in [-0.15, -0.1) is 0 Å². The van der Waals surface area contributed by atoms with Crippen molar-refractivity contribution in [3.63, 3.8) is 0 Å². The number of amides is 1. The zero-order valence-corrected chi connectivity index (χ0v) is 19.2. The molecule has 6 nitrogen and oxygen atoms in total. The van der Waals surface area contributed by atoms with E-state index in [1.54, 1.807) is 35.4 Å². The van der Waals surface area contributed by atoms with Crippen LogP contribution in [0.2, 0.25) is 0 Å². The van der Waals surface area contributed by atoms with E-state index in [0.29, 0.717) is 18.7 Å². The highest BCUT2D eigenvalue weighted by Crippen LogP contribution is 2.35. The molecule has 3 aromatic carbocycles. The molecule has 1 aliphatic rings. The molecule has 2 aromatic heterocycles. The van der Waals surface area contributed by atoms with Crippen LogP contribution in [-0.2, 0) is 4.79 Å². The Balaban J connectivity index is 1.33. The minimum Gasteiger partial charge on any atom is -0.336 e. The average molecular weight is 461 g/mol. The molecule has 1 aliphatic heterocycles. The van der Waals surface area contributed by atoms with E-state index in [2.05, 4.69) is 39.9 Å². The van der Waals surface area contributed by atoms with Crippen LogP contribution >= 0.6 is 0 Å². The highest BCUT2D eigenvalue weighted by Gasteiger charge is 2.30. The van der Waals surface area contributed by atoms with Crippen LogP contribution < -0.4 is 0 Å². The van der Waals surface area contributed by atoms with Gasteiger partial charge < -0.3 is 9.47 Å². The van der Waals surface area contributed by atoms with Gasteiger partial charge in [-0.25, -0.2) is 9.97 Å². The topological polar surface area (TPSA) is 68.1 Å². The van der Waals surface area contributed by atoms with Crippen molar-refractivity contribution < 1.29 is 9.59 Å². The fourth-order valence-electron chi connectivity index (χ4n) is 5.07. The Morgan fingerprint density at radius 1 is 0.800 bits per heavy atom. The number of fused-ring (bicyclic) bond motifs is 2. The molecule has 0 radical (unpaired) electrons. The largest absolute Gasteiger partial charge is 0.336 e. The molecule has 0 unspecified atom stereocenters. The van der Waals surface area contributed by atoms with Crippen LogP contribution in [0.5, 0.6) is 0 Å². The minimum absolute atomic E-state index is 0.125. The molecule has 0 aliphatic carbocycles. The monoisotopic (exact) mass is 460 g/mol. The van der Waals surface area contributed by atoms with Crippen molar-refractivity contribution in [3.05, 3.63) is 96.7 Å². The summed E-state index contributed by atoms with van der Waals surface area (Å²) in [4.78, 5) is 36.9. The van der Waals surface area contributed by atoms with Crippen LogP contribution in [0, 0.1) is 0 Å². The van der Waals surface area contributed by atoms with Crippen molar-refractivity contribution >= 4 is 33.6 Å². The third-order valence-electron chi connectivity index (χ3n) is 6.83. The Bertz CT molecular complexity index is 1540. The maximum Gasteiger partial charge on any atom is 0.294 e. The molecule has 0 N–H and O–H groups in total. The third kappa shape index (κ3) is 3.77. The van der Waals surface area contributed by atoms with Gasteiger partial charge in [0.05, 0.1) is 0 Å². The molecule has 6 heteroatoms. The Morgan fingerprint density at radius 2 is 1.54 bits per heavy atom. The van der Waals surface area contributed by atoms with Crippen molar-refractivity contribution in [3.8, 4) is 11.4 Å². The van der Waals surface area contributed by atoms with Crippen LogP contribution in [0.4, 0.5) is 0 Å². The molecule has 5 aromatic rings. The van der Waals surface area contributed by atoms with Crippen molar-refractivity contribution in [2.24, 2.45) is 0 Å². The Hall–Kier alpha value is -4.32. The SMILES string of the molecule is O=C(C(=O)N1CCC(n2c(-c3cccc4ccccc34)nc3cccnc32)CC1)c1ccccc1. The van der Waals surface area contributed by atoms with Gasteiger partial charge >= 0.3 is 0 Å². The molecule has 0 bridgehead atoms. The summed E-state index contributed by atoms with van der Waals surface area (Å²) in [5.41, 5.74) is 3.20. The number of piperidine rings is 1. The molecule has 1 saturated heterocycles. The first-order chi connectivity index (χ1) is 17.2. The lowest BCUT2D eigenvalue weighted by molar-refractivity contribution is -0.127. The molecule has 0 saturated carbocycles. The van der Waals surface area contributed by atoms with Crippen molar-refractivity contribution in [1.82, 2.24) is 19.4 Å².